The molecule has 1 N–H and O–H groups in total. The van der Waals surface area contributed by atoms with Crippen molar-refractivity contribution in [3.63, 3.8) is 0 Å². The molecule has 4 heteroatoms. The molecule has 1 aromatic carbocycles. The van der Waals surface area contributed by atoms with Crippen LogP contribution in [0.4, 0.5) is 0 Å². The molecule has 1 aromatic rings. The van der Waals surface area contributed by atoms with Crippen molar-refractivity contribution >= 4 is 23.2 Å². The van der Waals surface area contributed by atoms with Crippen LogP contribution >= 0.6 is 23.2 Å². The topological polar surface area (TPSA) is 21.3 Å². The van der Waals surface area contributed by atoms with Crippen molar-refractivity contribution in [3.05, 3.63) is 27.7 Å². The van der Waals surface area contributed by atoms with Gasteiger partial charge in [-0.05, 0) is 19.0 Å². The molecule has 2 atom stereocenters. The largest absolute Gasteiger partial charge is 0.491 e. The minimum atomic E-state index is 0.300. The molecule has 0 amide bonds. The number of halogens is 2. The first kappa shape index (κ1) is 13.0. The van der Waals surface area contributed by atoms with Crippen LogP contribution in [0.2, 0.25) is 10.0 Å². The van der Waals surface area contributed by atoms with Crippen LogP contribution in [0, 0.1) is 5.92 Å². The molecule has 0 spiro atoms. The molecule has 17 heavy (non-hydrogen) atoms. The van der Waals surface area contributed by atoms with Crippen LogP contribution < -0.4 is 10.1 Å². The van der Waals surface area contributed by atoms with Gasteiger partial charge in [-0.1, -0.05) is 43.1 Å². The third-order valence-corrected chi connectivity index (χ3v) is 3.88. The number of benzene rings is 1. The number of nitrogens with one attached hydrogen (secondary N) is 1. The monoisotopic (exact) mass is 273 g/mol. The second-order valence-corrected chi connectivity index (χ2v) is 5.28. The molecule has 0 aliphatic carbocycles. The molecule has 0 fully saturated rings. The Kier molecular flexibility index (Phi) is 4.18. The lowest BCUT2D eigenvalue weighted by molar-refractivity contribution is 0.189. The lowest BCUT2D eigenvalue weighted by Gasteiger charge is -2.33. The molecule has 0 saturated carbocycles. The molecule has 1 aliphatic rings. The zero-order valence-corrected chi connectivity index (χ0v) is 11.6. The van der Waals surface area contributed by atoms with E-state index in [2.05, 4.69) is 19.2 Å². The Morgan fingerprint density at radius 2 is 2.18 bits per heavy atom. The fraction of sp³-hybridized carbons (Fsp3) is 0.538. The Bertz CT molecular complexity index is 409. The van der Waals surface area contributed by atoms with Gasteiger partial charge >= 0.3 is 0 Å². The number of ether oxygens (including phenoxy) is 1. The molecule has 0 saturated heterocycles. The first-order valence-electron chi connectivity index (χ1n) is 5.99. The lowest BCUT2D eigenvalue weighted by Crippen LogP contribution is -2.34. The molecule has 0 bridgehead atoms. The fourth-order valence-electron chi connectivity index (χ4n) is 2.17. The summed E-state index contributed by atoms with van der Waals surface area (Å²) in [4.78, 5) is 0. The highest BCUT2D eigenvalue weighted by atomic mass is 35.5. The minimum absolute atomic E-state index is 0.300. The molecular weight excluding hydrogens is 257 g/mol. The van der Waals surface area contributed by atoms with E-state index in [0.29, 0.717) is 28.6 Å². The van der Waals surface area contributed by atoms with Crippen LogP contribution in [0.15, 0.2) is 12.1 Å². The maximum Gasteiger partial charge on any atom is 0.144 e. The van der Waals surface area contributed by atoms with Crippen LogP contribution in [0.25, 0.3) is 0 Å². The summed E-state index contributed by atoms with van der Waals surface area (Å²) in [5, 5.41) is 4.62. The maximum atomic E-state index is 6.17. The highest BCUT2D eigenvalue weighted by Crippen LogP contribution is 2.43. The Morgan fingerprint density at radius 3 is 2.88 bits per heavy atom. The van der Waals surface area contributed by atoms with Crippen molar-refractivity contribution < 1.29 is 4.74 Å². The highest BCUT2D eigenvalue weighted by Gasteiger charge is 2.29. The van der Waals surface area contributed by atoms with Crippen molar-refractivity contribution in [1.82, 2.24) is 5.32 Å². The van der Waals surface area contributed by atoms with Gasteiger partial charge in [-0.3, -0.25) is 0 Å². The predicted octanol–water partition coefficient (Wildman–Crippen LogP) is 4.06. The van der Waals surface area contributed by atoms with E-state index in [1.54, 1.807) is 0 Å². The van der Waals surface area contributed by atoms with E-state index >= 15 is 0 Å². The summed E-state index contributed by atoms with van der Waals surface area (Å²) in [6.45, 7) is 6.01. The SMILES string of the molecule is CCCNC1c2ccc(Cl)c(Cl)c2OCC1C. The van der Waals surface area contributed by atoms with E-state index in [0.717, 1.165) is 24.3 Å². The van der Waals surface area contributed by atoms with Gasteiger partial charge in [0.05, 0.1) is 11.6 Å². The van der Waals surface area contributed by atoms with Crippen LogP contribution in [-0.2, 0) is 0 Å². The second-order valence-electron chi connectivity index (χ2n) is 4.50. The van der Waals surface area contributed by atoms with E-state index in [-0.39, 0.29) is 0 Å². The highest BCUT2D eigenvalue weighted by molar-refractivity contribution is 6.43. The zero-order valence-electron chi connectivity index (χ0n) is 10.1. The third kappa shape index (κ3) is 2.54. The Balaban J connectivity index is 2.34. The molecule has 0 radical (unpaired) electrons. The van der Waals surface area contributed by atoms with Gasteiger partial charge in [0.1, 0.15) is 10.8 Å². The average molecular weight is 274 g/mol. The second kappa shape index (κ2) is 5.47. The maximum absolute atomic E-state index is 6.17. The summed E-state index contributed by atoms with van der Waals surface area (Å²) in [5.41, 5.74) is 1.12. The summed E-state index contributed by atoms with van der Waals surface area (Å²) in [6.07, 6.45) is 1.11. The summed E-state index contributed by atoms with van der Waals surface area (Å²) >= 11 is 12.2. The first-order chi connectivity index (χ1) is 8.15. The van der Waals surface area contributed by atoms with Crippen LogP contribution in [0.1, 0.15) is 31.9 Å². The van der Waals surface area contributed by atoms with Gasteiger partial charge in [0.25, 0.3) is 0 Å². The van der Waals surface area contributed by atoms with Gasteiger partial charge in [-0.2, -0.15) is 0 Å². The van der Waals surface area contributed by atoms with Crippen LogP contribution in [0.5, 0.6) is 5.75 Å². The van der Waals surface area contributed by atoms with Crippen molar-refractivity contribution in [2.45, 2.75) is 26.3 Å². The number of fused-ring (bicyclic) bond motifs is 1. The number of rotatable bonds is 3. The Labute approximate surface area is 112 Å². The molecule has 2 nitrogen and oxygen atoms in total. The van der Waals surface area contributed by atoms with Gasteiger partial charge in [-0.15, -0.1) is 0 Å². The van der Waals surface area contributed by atoms with E-state index in [1.165, 1.54) is 0 Å². The fourth-order valence-corrected chi connectivity index (χ4v) is 2.54. The van der Waals surface area contributed by atoms with E-state index in [1.807, 2.05) is 12.1 Å². The normalized spacial score (nSPS) is 23.1. The average Bonchev–Trinajstić information content (AvgIpc) is 2.32. The van der Waals surface area contributed by atoms with Gasteiger partial charge < -0.3 is 10.1 Å². The molecule has 1 aliphatic heterocycles. The van der Waals surface area contributed by atoms with Crippen molar-refractivity contribution in [1.29, 1.82) is 0 Å². The quantitative estimate of drug-likeness (QED) is 0.897. The molecular formula is C13H17Cl2NO. The van der Waals surface area contributed by atoms with Crippen LogP contribution in [-0.4, -0.2) is 13.2 Å². The summed E-state index contributed by atoms with van der Waals surface area (Å²) in [6, 6.07) is 4.14. The van der Waals surface area contributed by atoms with E-state index in [4.69, 9.17) is 27.9 Å². The molecule has 1 heterocycles. The Hall–Kier alpha value is -0.440. The lowest BCUT2D eigenvalue weighted by atomic mass is 9.92. The molecule has 0 aromatic heterocycles. The van der Waals surface area contributed by atoms with Crippen molar-refractivity contribution in [2.75, 3.05) is 13.2 Å². The third-order valence-electron chi connectivity index (χ3n) is 3.09. The minimum Gasteiger partial charge on any atom is -0.491 e. The number of hydrogen-bond donors (Lipinski definition) is 1. The van der Waals surface area contributed by atoms with E-state index in [9.17, 15) is 0 Å². The van der Waals surface area contributed by atoms with Crippen LogP contribution in [0.3, 0.4) is 0 Å². The van der Waals surface area contributed by atoms with Gasteiger partial charge in [0.15, 0.2) is 0 Å². The van der Waals surface area contributed by atoms with Gasteiger partial charge in [0.2, 0.25) is 0 Å². The molecule has 2 unspecified atom stereocenters. The number of hydrogen-bond acceptors (Lipinski definition) is 2. The predicted molar refractivity (Wildman–Crippen MR) is 72.2 cm³/mol. The summed E-state index contributed by atoms with van der Waals surface area (Å²) in [7, 11) is 0. The zero-order chi connectivity index (χ0) is 12.4. The Morgan fingerprint density at radius 1 is 1.41 bits per heavy atom. The molecule has 94 valence electrons. The van der Waals surface area contributed by atoms with Gasteiger partial charge in [-0.25, -0.2) is 0 Å². The van der Waals surface area contributed by atoms with Crippen molar-refractivity contribution in [3.8, 4) is 5.75 Å². The van der Waals surface area contributed by atoms with Gasteiger partial charge in [0, 0.05) is 17.5 Å². The molecule has 2 rings (SSSR count). The van der Waals surface area contributed by atoms with E-state index < -0.39 is 0 Å². The smallest absolute Gasteiger partial charge is 0.144 e. The first-order valence-corrected chi connectivity index (χ1v) is 6.74. The standard InChI is InChI=1S/C13H17Cl2NO/c1-3-6-16-12-8(2)7-17-13-9(12)4-5-10(14)11(13)15/h4-5,8,12,16H,3,6-7H2,1-2H3. The van der Waals surface area contributed by atoms with Crippen molar-refractivity contribution in [2.24, 2.45) is 5.92 Å². The summed E-state index contributed by atoms with van der Waals surface area (Å²) < 4.78 is 5.70. The summed E-state index contributed by atoms with van der Waals surface area (Å²) in [5.74, 6) is 1.18.